The number of alkyl halides is 6. The van der Waals surface area contributed by atoms with Gasteiger partial charge < -0.3 is 10.0 Å². The molecule has 4 rings (SSSR count). The summed E-state index contributed by atoms with van der Waals surface area (Å²) in [4.78, 5) is 32.8. The molecule has 2 aromatic carbocycles. The van der Waals surface area contributed by atoms with Crippen LogP contribution in [-0.4, -0.2) is 47.0 Å². The lowest BCUT2D eigenvalue weighted by Gasteiger charge is -2.32. The Hall–Kier alpha value is -4.00. The number of aromatic nitrogens is 1. The van der Waals surface area contributed by atoms with Gasteiger partial charge in [-0.25, -0.2) is 4.39 Å². The number of carbonyl (C=O) groups excluding carboxylic acids is 1. The molecular formula is C31H30F7N3O3. The predicted molar refractivity (Wildman–Crippen MR) is 148 cm³/mol. The number of carboxylic acids is 1. The molecule has 0 saturated carbocycles. The Labute approximate surface area is 249 Å². The number of halogens is 7. The maximum absolute atomic E-state index is 14.0. The van der Waals surface area contributed by atoms with Gasteiger partial charge in [0.1, 0.15) is 11.9 Å². The Kier molecular flexibility index (Phi) is 8.59. The molecule has 6 nitrogen and oxygen atoms in total. The maximum Gasteiger partial charge on any atom is 0.416 e. The number of aliphatic carboxylic acids is 1. The Morgan fingerprint density at radius 2 is 1.48 bits per heavy atom. The maximum atomic E-state index is 14.0. The minimum Gasteiger partial charge on any atom is -0.480 e. The van der Waals surface area contributed by atoms with Crippen molar-refractivity contribution in [2.24, 2.45) is 0 Å². The Morgan fingerprint density at radius 1 is 0.909 bits per heavy atom. The van der Waals surface area contributed by atoms with Crippen LogP contribution in [0.25, 0.3) is 11.1 Å². The number of likely N-dealkylation sites (N-methyl/N-ethyl adjacent to an activating group) is 2. The number of pyridine rings is 1. The number of benzene rings is 2. The number of rotatable bonds is 6. The van der Waals surface area contributed by atoms with E-state index in [0.29, 0.717) is 47.4 Å². The van der Waals surface area contributed by atoms with Gasteiger partial charge in [-0.3, -0.25) is 19.5 Å². The zero-order valence-electron chi connectivity index (χ0n) is 24.4. The van der Waals surface area contributed by atoms with Gasteiger partial charge in [-0.15, -0.1) is 0 Å². The summed E-state index contributed by atoms with van der Waals surface area (Å²) in [7, 11) is 2.97. The van der Waals surface area contributed by atoms with Crippen LogP contribution in [0.2, 0.25) is 0 Å². The normalized spacial score (nSPS) is 18.0. The lowest BCUT2D eigenvalue weighted by molar-refractivity contribution is -0.144. The summed E-state index contributed by atoms with van der Waals surface area (Å²) in [5, 5.41) is 9.55. The molecule has 1 saturated heterocycles. The molecule has 3 aromatic rings. The van der Waals surface area contributed by atoms with Crippen LogP contribution in [0.3, 0.4) is 0 Å². The number of hydrogen-bond acceptors (Lipinski definition) is 4. The van der Waals surface area contributed by atoms with E-state index in [9.17, 15) is 45.4 Å². The lowest BCUT2D eigenvalue weighted by Crippen LogP contribution is -2.42. The number of aryl methyl sites for hydroxylation is 1. The van der Waals surface area contributed by atoms with E-state index in [4.69, 9.17) is 0 Å². The van der Waals surface area contributed by atoms with Crippen molar-refractivity contribution in [3.05, 3.63) is 82.4 Å². The van der Waals surface area contributed by atoms with Gasteiger partial charge in [0.25, 0.3) is 0 Å². The summed E-state index contributed by atoms with van der Waals surface area (Å²) < 4.78 is 95.5. The topological polar surface area (TPSA) is 73.7 Å². The first kappa shape index (κ1) is 32.9. The Morgan fingerprint density at radius 3 is 1.98 bits per heavy atom. The first-order valence-electron chi connectivity index (χ1n) is 13.5. The quantitative estimate of drug-likeness (QED) is 0.289. The molecule has 1 fully saturated rings. The zero-order chi connectivity index (χ0) is 32.9. The summed E-state index contributed by atoms with van der Waals surface area (Å²) in [5.41, 5.74) is -3.43. The van der Waals surface area contributed by atoms with Gasteiger partial charge >= 0.3 is 18.3 Å². The number of nitrogens with zero attached hydrogens (tertiary/aromatic N) is 3. The molecule has 1 N–H and O–H groups in total. The summed E-state index contributed by atoms with van der Waals surface area (Å²) in [5.74, 6) is -2.33. The van der Waals surface area contributed by atoms with Crippen molar-refractivity contribution >= 4 is 17.6 Å². The third kappa shape index (κ3) is 6.28. The van der Waals surface area contributed by atoms with Crippen molar-refractivity contribution in [1.29, 1.82) is 0 Å². The minimum absolute atomic E-state index is 0.000778. The number of anilines is 1. The van der Waals surface area contributed by atoms with Crippen molar-refractivity contribution in [2.75, 3.05) is 19.0 Å². The molecule has 2 atom stereocenters. The van der Waals surface area contributed by atoms with Crippen molar-refractivity contribution in [3.63, 3.8) is 0 Å². The molecule has 1 unspecified atom stereocenters. The number of carbonyl (C=O) groups is 2. The van der Waals surface area contributed by atoms with Crippen LogP contribution in [0, 0.1) is 12.7 Å². The second kappa shape index (κ2) is 11.5. The van der Waals surface area contributed by atoms with Crippen LogP contribution in [-0.2, 0) is 27.4 Å². The smallest absolute Gasteiger partial charge is 0.416 e. The third-order valence-corrected chi connectivity index (χ3v) is 8.22. The van der Waals surface area contributed by atoms with Crippen molar-refractivity contribution in [2.45, 2.75) is 63.5 Å². The van der Waals surface area contributed by atoms with Crippen LogP contribution in [0.15, 0.2) is 48.7 Å². The lowest BCUT2D eigenvalue weighted by atomic mass is 9.81. The van der Waals surface area contributed by atoms with Crippen molar-refractivity contribution in [1.82, 2.24) is 9.88 Å². The van der Waals surface area contributed by atoms with Crippen molar-refractivity contribution < 1.29 is 45.4 Å². The van der Waals surface area contributed by atoms with Gasteiger partial charge in [0.05, 0.1) is 40.2 Å². The molecule has 236 valence electrons. The van der Waals surface area contributed by atoms with Crippen LogP contribution in [0.4, 0.5) is 36.4 Å². The van der Waals surface area contributed by atoms with E-state index >= 15 is 0 Å². The monoisotopic (exact) mass is 625 g/mol. The first-order valence-corrected chi connectivity index (χ1v) is 13.5. The van der Waals surface area contributed by atoms with Crippen molar-refractivity contribution in [3.8, 4) is 11.1 Å². The van der Waals surface area contributed by atoms with E-state index in [1.165, 1.54) is 45.3 Å². The van der Waals surface area contributed by atoms with Crippen LogP contribution in [0.1, 0.15) is 60.7 Å². The average molecular weight is 626 g/mol. The second-order valence-electron chi connectivity index (χ2n) is 11.5. The number of likely N-dealkylation sites (tertiary alicyclic amines) is 1. The fourth-order valence-corrected chi connectivity index (χ4v) is 5.62. The molecule has 0 aliphatic carbocycles. The van der Waals surface area contributed by atoms with E-state index in [2.05, 4.69) is 4.98 Å². The molecule has 0 radical (unpaired) electrons. The summed E-state index contributed by atoms with van der Waals surface area (Å²) in [6, 6.07) is 5.53. The molecule has 44 heavy (non-hydrogen) atoms. The van der Waals surface area contributed by atoms with Gasteiger partial charge in [-0.2, -0.15) is 26.3 Å². The highest BCUT2D eigenvalue weighted by molar-refractivity contribution is 6.03. The second-order valence-corrected chi connectivity index (χ2v) is 11.5. The summed E-state index contributed by atoms with van der Waals surface area (Å²) in [6.07, 6.45) is -8.01. The van der Waals surface area contributed by atoms with Gasteiger partial charge in [-0.1, -0.05) is 6.07 Å². The fourth-order valence-electron chi connectivity index (χ4n) is 5.62. The molecule has 2 heterocycles. The Balaban J connectivity index is 1.83. The number of carboxylic acid groups (broad SMARTS) is 1. The fraction of sp³-hybridized carbons (Fsp3) is 0.387. The van der Waals surface area contributed by atoms with E-state index in [-0.39, 0.29) is 11.8 Å². The molecular weight excluding hydrogens is 595 g/mol. The van der Waals surface area contributed by atoms with E-state index in [1.54, 1.807) is 24.9 Å². The summed E-state index contributed by atoms with van der Waals surface area (Å²) >= 11 is 0. The molecule has 0 spiro atoms. The largest absolute Gasteiger partial charge is 0.480 e. The highest BCUT2D eigenvalue weighted by atomic mass is 19.4. The van der Waals surface area contributed by atoms with Crippen LogP contribution >= 0.6 is 0 Å². The molecule has 1 aliphatic heterocycles. The summed E-state index contributed by atoms with van der Waals surface area (Å²) in [6.45, 7) is 4.09. The van der Waals surface area contributed by atoms with Crippen LogP contribution in [0.5, 0.6) is 0 Å². The van der Waals surface area contributed by atoms with Gasteiger partial charge in [0, 0.05) is 12.6 Å². The molecule has 1 aromatic heterocycles. The van der Waals surface area contributed by atoms with E-state index < -0.39 is 64.2 Å². The first-order chi connectivity index (χ1) is 20.2. The molecule has 1 aliphatic rings. The average Bonchev–Trinajstić information content (AvgIpc) is 3.32. The molecule has 13 heteroatoms. The highest BCUT2D eigenvalue weighted by Gasteiger charge is 2.42. The van der Waals surface area contributed by atoms with Gasteiger partial charge in [0.2, 0.25) is 5.91 Å². The van der Waals surface area contributed by atoms with Gasteiger partial charge in [0.15, 0.2) is 0 Å². The highest BCUT2D eigenvalue weighted by Crippen LogP contribution is 2.42. The standard InChI is InChI=1S/C31H30F7N3O3/c1-16-10-20(32)6-7-21(16)22-14-23(24-8-9-25(27(42)43)40(24)4)39-15-26(22)41(5)28(44)29(2,3)17-11-18(30(33,34)35)13-19(12-17)31(36,37)38/h6-7,10-15,24-25H,8-9H2,1-5H3,(H,42,43)/t24?,25-/m1/s1. The zero-order valence-corrected chi connectivity index (χ0v) is 24.4. The minimum atomic E-state index is -5.10. The van der Waals surface area contributed by atoms with E-state index in [0.717, 1.165) is 4.90 Å². The molecule has 0 bridgehead atoms. The predicted octanol–water partition coefficient (Wildman–Crippen LogP) is 7.39. The van der Waals surface area contributed by atoms with E-state index in [1.807, 2.05) is 0 Å². The number of amides is 1. The molecule has 1 amide bonds. The van der Waals surface area contributed by atoms with Gasteiger partial charge in [-0.05, 0) is 93.7 Å². The number of hydrogen-bond donors (Lipinski definition) is 1. The SMILES string of the molecule is Cc1cc(F)ccc1-c1cc(C2CC[C@H](C(=O)O)N2C)ncc1N(C)C(=O)C(C)(C)c1cc(C(F)(F)F)cc(C(F)(F)F)c1. The van der Waals surface area contributed by atoms with Crippen LogP contribution < -0.4 is 4.90 Å². The Bertz CT molecular complexity index is 1570. The third-order valence-electron chi connectivity index (χ3n) is 8.22.